The van der Waals surface area contributed by atoms with E-state index in [1.165, 1.54) is 0 Å². The van der Waals surface area contributed by atoms with Crippen molar-refractivity contribution in [2.24, 2.45) is 0 Å². The van der Waals surface area contributed by atoms with Crippen molar-refractivity contribution < 1.29 is 19.1 Å². The van der Waals surface area contributed by atoms with Crippen molar-refractivity contribution in [3.8, 4) is 12.3 Å². The maximum absolute atomic E-state index is 14.2. The number of rotatable bonds is 13. The summed E-state index contributed by atoms with van der Waals surface area (Å²) >= 11 is 1.58. The highest BCUT2D eigenvalue weighted by Gasteiger charge is 2.36. The average molecular weight is 566 g/mol. The van der Waals surface area contributed by atoms with Crippen molar-refractivity contribution >= 4 is 35.4 Å². The summed E-state index contributed by atoms with van der Waals surface area (Å²) < 4.78 is 5.46. The summed E-state index contributed by atoms with van der Waals surface area (Å²) in [6.07, 6.45) is 9.79. The summed E-state index contributed by atoms with van der Waals surface area (Å²) in [6.45, 7) is 9.66. The number of para-hydroxylation sites is 1. The highest BCUT2D eigenvalue weighted by Crippen LogP contribution is 2.27. The van der Waals surface area contributed by atoms with Gasteiger partial charge in [0, 0.05) is 17.8 Å². The zero-order chi connectivity index (χ0) is 29.7. The summed E-state index contributed by atoms with van der Waals surface area (Å²) in [5.74, 6) is 2.57. The molecule has 2 rings (SSSR count). The summed E-state index contributed by atoms with van der Waals surface area (Å²) in [7, 11) is 0. The van der Waals surface area contributed by atoms with Gasteiger partial charge in [0.2, 0.25) is 5.91 Å². The van der Waals surface area contributed by atoms with Crippen molar-refractivity contribution in [1.82, 2.24) is 10.2 Å². The van der Waals surface area contributed by atoms with Gasteiger partial charge in [-0.2, -0.15) is 11.8 Å². The number of hydrogen-bond acceptors (Lipinski definition) is 5. The van der Waals surface area contributed by atoms with Crippen LogP contribution in [0.4, 0.5) is 10.5 Å². The molecule has 2 aromatic rings. The van der Waals surface area contributed by atoms with E-state index in [-0.39, 0.29) is 11.8 Å². The molecule has 0 aliphatic heterocycles. The van der Waals surface area contributed by atoms with Gasteiger partial charge >= 0.3 is 6.09 Å². The zero-order valence-electron chi connectivity index (χ0n) is 24.6. The Morgan fingerprint density at radius 1 is 1.07 bits per heavy atom. The van der Waals surface area contributed by atoms with Gasteiger partial charge in [-0.3, -0.25) is 9.59 Å². The van der Waals surface area contributed by atoms with Crippen LogP contribution in [0.25, 0.3) is 0 Å². The van der Waals surface area contributed by atoms with Crippen LogP contribution in [0.1, 0.15) is 76.1 Å². The topological polar surface area (TPSA) is 87.7 Å². The van der Waals surface area contributed by atoms with E-state index in [0.717, 1.165) is 18.4 Å². The monoisotopic (exact) mass is 565 g/mol. The Hall–Kier alpha value is -3.44. The first-order valence-corrected chi connectivity index (χ1v) is 15.1. The highest BCUT2D eigenvalue weighted by molar-refractivity contribution is 7.98. The van der Waals surface area contributed by atoms with Gasteiger partial charge in [-0.25, -0.2) is 4.79 Å². The van der Waals surface area contributed by atoms with E-state index in [0.29, 0.717) is 42.0 Å². The molecule has 2 atom stereocenters. The minimum absolute atomic E-state index is 0.332. The number of hydrogen-bond donors (Lipinski definition) is 2. The van der Waals surface area contributed by atoms with Crippen molar-refractivity contribution in [1.29, 1.82) is 0 Å². The molecule has 0 aromatic heterocycles. The van der Waals surface area contributed by atoms with Crippen LogP contribution >= 0.6 is 11.8 Å². The molecule has 0 radical (unpaired) electrons. The van der Waals surface area contributed by atoms with Gasteiger partial charge in [-0.15, -0.1) is 6.42 Å². The molecule has 216 valence electrons. The van der Waals surface area contributed by atoms with E-state index < -0.39 is 23.8 Å². The third kappa shape index (κ3) is 10.3. The number of anilines is 1. The number of carbonyl (C=O) groups is 3. The number of terminal acetylenes is 1. The number of aryl methyl sites for hydroxylation is 1. The van der Waals surface area contributed by atoms with Gasteiger partial charge in [-0.1, -0.05) is 56.0 Å². The maximum atomic E-state index is 14.2. The summed E-state index contributed by atoms with van der Waals surface area (Å²) in [5, 5.41) is 5.81. The molecule has 2 unspecified atom stereocenters. The van der Waals surface area contributed by atoms with Crippen molar-refractivity contribution in [3.63, 3.8) is 0 Å². The van der Waals surface area contributed by atoms with Crippen LogP contribution in [0.3, 0.4) is 0 Å². The fourth-order valence-electron chi connectivity index (χ4n) is 4.19. The first-order chi connectivity index (χ1) is 19.0. The minimum atomic E-state index is -0.937. The van der Waals surface area contributed by atoms with E-state index in [4.69, 9.17) is 11.2 Å². The van der Waals surface area contributed by atoms with Crippen molar-refractivity contribution in [3.05, 3.63) is 65.2 Å². The second kappa shape index (κ2) is 16.0. The van der Waals surface area contributed by atoms with Crippen molar-refractivity contribution in [2.45, 2.75) is 78.0 Å². The molecule has 0 saturated carbocycles. The zero-order valence-corrected chi connectivity index (χ0v) is 25.4. The Bertz CT molecular complexity index is 1170. The molecule has 0 aliphatic rings. The molecule has 0 bridgehead atoms. The first-order valence-electron chi connectivity index (χ1n) is 13.7. The number of benzene rings is 2. The Kier molecular flexibility index (Phi) is 13.1. The van der Waals surface area contributed by atoms with Crippen LogP contribution in [0, 0.1) is 19.3 Å². The SMILES string of the molecule is C#Cc1ccc(C(C(=O)Nc2ccccc2C)N(CCCCC)C(=O)C(CCSC)NC(=O)OC(C)(C)C)cc1. The van der Waals surface area contributed by atoms with Crippen LogP contribution in [0.2, 0.25) is 0 Å². The summed E-state index contributed by atoms with van der Waals surface area (Å²) in [4.78, 5) is 42.6. The van der Waals surface area contributed by atoms with Crippen LogP contribution in [-0.4, -0.2) is 53.0 Å². The lowest BCUT2D eigenvalue weighted by atomic mass is 10.00. The van der Waals surface area contributed by atoms with E-state index in [1.54, 1.807) is 61.7 Å². The first kappa shape index (κ1) is 32.8. The smallest absolute Gasteiger partial charge is 0.408 e. The minimum Gasteiger partial charge on any atom is -0.444 e. The third-order valence-electron chi connectivity index (χ3n) is 6.24. The number of ether oxygens (including phenoxy) is 1. The largest absolute Gasteiger partial charge is 0.444 e. The summed E-state index contributed by atoms with van der Waals surface area (Å²) in [6, 6.07) is 12.8. The van der Waals surface area contributed by atoms with Gasteiger partial charge in [0.1, 0.15) is 17.7 Å². The predicted octanol–water partition coefficient (Wildman–Crippen LogP) is 6.32. The lowest BCUT2D eigenvalue weighted by molar-refractivity contribution is -0.141. The molecule has 7 nitrogen and oxygen atoms in total. The molecule has 0 spiro atoms. The van der Waals surface area contributed by atoms with Gasteiger partial charge in [-0.05, 0) is 81.9 Å². The lowest BCUT2D eigenvalue weighted by Gasteiger charge is -2.34. The number of thioether (sulfide) groups is 1. The van der Waals surface area contributed by atoms with Gasteiger partial charge in [0.25, 0.3) is 5.91 Å². The second-order valence-corrected chi connectivity index (χ2v) is 11.7. The molecular formula is C32H43N3O4S. The van der Waals surface area contributed by atoms with Crippen LogP contribution in [0.5, 0.6) is 0 Å². The predicted molar refractivity (Wildman–Crippen MR) is 164 cm³/mol. The average Bonchev–Trinajstić information content (AvgIpc) is 2.90. The Morgan fingerprint density at radius 2 is 1.75 bits per heavy atom. The lowest BCUT2D eigenvalue weighted by Crippen LogP contribution is -2.52. The third-order valence-corrected chi connectivity index (χ3v) is 6.89. The molecule has 2 aromatic carbocycles. The number of nitrogens with zero attached hydrogens (tertiary/aromatic N) is 1. The molecule has 0 heterocycles. The van der Waals surface area contributed by atoms with Crippen LogP contribution in [-0.2, 0) is 14.3 Å². The summed E-state index contributed by atoms with van der Waals surface area (Å²) in [5.41, 5.74) is 2.17. The number of amides is 3. The Labute approximate surface area is 243 Å². The highest BCUT2D eigenvalue weighted by atomic mass is 32.2. The number of alkyl carbamates (subject to hydrolysis) is 1. The van der Waals surface area contributed by atoms with Crippen LogP contribution < -0.4 is 10.6 Å². The van der Waals surface area contributed by atoms with E-state index in [2.05, 4.69) is 23.5 Å². The fourth-order valence-corrected chi connectivity index (χ4v) is 4.66. The molecule has 0 aliphatic carbocycles. The number of carbonyl (C=O) groups excluding carboxylic acids is 3. The molecule has 0 saturated heterocycles. The van der Waals surface area contributed by atoms with E-state index in [1.807, 2.05) is 37.4 Å². The van der Waals surface area contributed by atoms with Crippen LogP contribution in [0.15, 0.2) is 48.5 Å². The number of unbranched alkanes of at least 4 members (excludes halogenated alkanes) is 2. The van der Waals surface area contributed by atoms with Gasteiger partial charge < -0.3 is 20.3 Å². The molecular weight excluding hydrogens is 522 g/mol. The molecule has 40 heavy (non-hydrogen) atoms. The fraction of sp³-hybridized carbons (Fsp3) is 0.469. The number of nitrogens with one attached hydrogen (secondary N) is 2. The van der Waals surface area contributed by atoms with Crippen molar-refractivity contribution in [2.75, 3.05) is 23.9 Å². The second-order valence-electron chi connectivity index (χ2n) is 10.7. The maximum Gasteiger partial charge on any atom is 0.408 e. The quantitative estimate of drug-likeness (QED) is 0.219. The van der Waals surface area contributed by atoms with Gasteiger partial charge in [0.05, 0.1) is 0 Å². The Balaban J connectivity index is 2.54. The van der Waals surface area contributed by atoms with E-state index in [9.17, 15) is 14.4 Å². The Morgan fingerprint density at radius 3 is 2.33 bits per heavy atom. The molecule has 8 heteroatoms. The standard InChI is InChI=1S/C32H43N3O4S/c1-8-10-13-21-35(30(37)27(20-22-40-7)34-31(38)39-32(4,5)6)28(25-18-16-24(9-2)17-19-25)29(36)33-26-15-12-11-14-23(26)3/h2,11-12,14-19,27-28H,8,10,13,20-22H2,1,3-7H3,(H,33,36)(H,34,38). The molecule has 2 N–H and O–H groups in total. The normalized spacial score (nSPS) is 12.5. The van der Waals surface area contributed by atoms with E-state index >= 15 is 0 Å². The molecule has 3 amide bonds. The van der Waals surface area contributed by atoms with Gasteiger partial charge in [0.15, 0.2) is 0 Å². The molecule has 0 fully saturated rings.